The van der Waals surface area contributed by atoms with Crippen LogP contribution in [0.15, 0.2) is 12.1 Å². The molecule has 2 atom stereocenters. The molecule has 2 aromatic heterocycles. The first kappa shape index (κ1) is 19.1. The molecule has 11 heteroatoms. The van der Waals surface area contributed by atoms with Gasteiger partial charge in [-0.2, -0.15) is 18.3 Å². The molecule has 1 aliphatic rings. The van der Waals surface area contributed by atoms with Crippen LogP contribution < -0.4 is 11.1 Å². The third-order valence-corrected chi connectivity index (χ3v) is 4.31. The van der Waals surface area contributed by atoms with E-state index in [0.29, 0.717) is 11.1 Å². The number of fused-ring (bicyclic) bond motifs is 1. The normalized spacial score (nSPS) is 20.3. The number of hydrogen-bond donors (Lipinski definition) is 2. The number of nitrogens with two attached hydrogens (primary N) is 1. The van der Waals surface area contributed by atoms with Crippen LogP contribution >= 0.6 is 0 Å². The molecule has 146 valence electrons. The maximum atomic E-state index is 13.3. The number of likely N-dealkylation sites (N-methyl/N-ethyl adjacent to an activating group) is 1. The zero-order chi connectivity index (χ0) is 19.9. The summed E-state index contributed by atoms with van der Waals surface area (Å²) in [4.78, 5) is 30.3. The number of rotatable bonds is 3. The fourth-order valence-corrected chi connectivity index (χ4v) is 3.19. The molecule has 3 heterocycles. The van der Waals surface area contributed by atoms with Crippen molar-refractivity contribution in [3.63, 3.8) is 0 Å². The highest BCUT2D eigenvalue weighted by Gasteiger charge is 2.40. The molecule has 2 amide bonds. The minimum Gasteiger partial charge on any atom is -0.355 e. The standard InChI is InChI=1S/C16H19F3N6O2/c1-3-21-14(26)11-5-9(20)7-24(11)15(27)10-6-13-22-8(2)4-12(16(17,18)19)25(13)23-10/h4,6,9,11H,3,5,7,20H2,1-2H3,(H,21,26)/t9-,11-/m0/s1. The van der Waals surface area contributed by atoms with E-state index in [4.69, 9.17) is 5.73 Å². The average Bonchev–Trinajstić information content (AvgIpc) is 3.16. The summed E-state index contributed by atoms with van der Waals surface area (Å²) in [6.07, 6.45) is -4.38. The van der Waals surface area contributed by atoms with Crippen molar-refractivity contribution in [2.24, 2.45) is 5.73 Å². The monoisotopic (exact) mass is 384 g/mol. The van der Waals surface area contributed by atoms with Crippen molar-refractivity contribution >= 4 is 17.5 Å². The molecule has 0 bridgehead atoms. The van der Waals surface area contributed by atoms with E-state index < -0.39 is 29.9 Å². The van der Waals surface area contributed by atoms with Gasteiger partial charge in [-0.05, 0) is 26.3 Å². The highest BCUT2D eigenvalue weighted by atomic mass is 19.4. The number of likely N-dealkylation sites (tertiary alicyclic amines) is 1. The van der Waals surface area contributed by atoms with Crippen LogP contribution in [0.25, 0.3) is 5.65 Å². The van der Waals surface area contributed by atoms with E-state index in [1.54, 1.807) is 6.92 Å². The molecule has 0 radical (unpaired) electrons. The Labute approximate surface area is 152 Å². The fourth-order valence-electron chi connectivity index (χ4n) is 3.19. The molecular weight excluding hydrogens is 365 g/mol. The quantitative estimate of drug-likeness (QED) is 0.812. The Bertz CT molecular complexity index is 894. The first-order valence-electron chi connectivity index (χ1n) is 8.40. The summed E-state index contributed by atoms with van der Waals surface area (Å²) in [5, 5.41) is 6.43. The zero-order valence-corrected chi connectivity index (χ0v) is 14.7. The first-order valence-corrected chi connectivity index (χ1v) is 8.40. The molecule has 0 unspecified atom stereocenters. The lowest BCUT2D eigenvalue weighted by atomic mass is 10.1. The minimum absolute atomic E-state index is 0.0938. The highest BCUT2D eigenvalue weighted by molar-refractivity contribution is 5.97. The largest absolute Gasteiger partial charge is 0.433 e. The minimum atomic E-state index is -4.65. The van der Waals surface area contributed by atoms with E-state index >= 15 is 0 Å². The van der Waals surface area contributed by atoms with Crippen LogP contribution in [0.5, 0.6) is 0 Å². The summed E-state index contributed by atoms with van der Waals surface area (Å²) >= 11 is 0. The van der Waals surface area contributed by atoms with E-state index in [0.717, 1.165) is 6.07 Å². The van der Waals surface area contributed by atoms with Crippen molar-refractivity contribution in [3.05, 3.63) is 29.2 Å². The number of carbonyl (C=O) groups is 2. The summed E-state index contributed by atoms with van der Waals surface area (Å²) in [5.41, 5.74) is 4.69. The van der Waals surface area contributed by atoms with Crippen molar-refractivity contribution in [3.8, 4) is 0 Å². The van der Waals surface area contributed by atoms with Gasteiger partial charge in [0.1, 0.15) is 11.7 Å². The smallest absolute Gasteiger partial charge is 0.355 e. The molecular formula is C16H19F3N6O2. The Hall–Kier alpha value is -2.69. The van der Waals surface area contributed by atoms with Crippen LogP contribution in [0.3, 0.4) is 0 Å². The SMILES string of the molecule is CCNC(=O)[C@@H]1C[C@H](N)CN1C(=O)c1cc2nc(C)cc(C(F)(F)F)n2n1. The second kappa shape index (κ2) is 6.80. The van der Waals surface area contributed by atoms with Crippen LogP contribution in [0, 0.1) is 6.92 Å². The number of aryl methyl sites for hydroxylation is 1. The zero-order valence-electron chi connectivity index (χ0n) is 14.7. The lowest BCUT2D eigenvalue weighted by molar-refractivity contribution is -0.142. The number of halogens is 3. The van der Waals surface area contributed by atoms with E-state index in [-0.39, 0.29) is 35.9 Å². The average molecular weight is 384 g/mol. The van der Waals surface area contributed by atoms with Crippen LogP contribution in [-0.2, 0) is 11.0 Å². The Kier molecular flexibility index (Phi) is 4.81. The van der Waals surface area contributed by atoms with Crippen molar-refractivity contribution in [1.82, 2.24) is 24.8 Å². The second-order valence-corrected chi connectivity index (χ2v) is 6.44. The number of hydrogen-bond acceptors (Lipinski definition) is 5. The topological polar surface area (TPSA) is 106 Å². The first-order chi connectivity index (χ1) is 12.6. The predicted molar refractivity (Wildman–Crippen MR) is 88.8 cm³/mol. The van der Waals surface area contributed by atoms with Gasteiger partial charge >= 0.3 is 6.18 Å². The van der Waals surface area contributed by atoms with Gasteiger partial charge in [0.2, 0.25) is 5.91 Å². The Morgan fingerprint density at radius 2 is 2.07 bits per heavy atom. The molecule has 1 aliphatic heterocycles. The fraction of sp³-hybridized carbons (Fsp3) is 0.500. The molecule has 0 saturated carbocycles. The summed E-state index contributed by atoms with van der Waals surface area (Å²) in [6.45, 7) is 3.67. The molecule has 3 N–H and O–H groups in total. The summed E-state index contributed by atoms with van der Waals surface area (Å²) in [7, 11) is 0. The van der Waals surface area contributed by atoms with Crippen molar-refractivity contribution < 1.29 is 22.8 Å². The number of alkyl halides is 3. The van der Waals surface area contributed by atoms with Gasteiger partial charge in [0.25, 0.3) is 5.91 Å². The molecule has 1 fully saturated rings. The summed E-state index contributed by atoms with van der Waals surface area (Å²) < 4.78 is 40.4. The van der Waals surface area contributed by atoms with Crippen LogP contribution in [0.2, 0.25) is 0 Å². The second-order valence-electron chi connectivity index (χ2n) is 6.44. The van der Waals surface area contributed by atoms with E-state index in [2.05, 4.69) is 15.4 Å². The third kappa shape index (κ3) is 3.59. The number of amides is 2. The Balaban J connectivity index is 1.99. The lowest BCUT2D eigenvalue weighted by Crippen LogP contribution is -2.46. The van der Waals surface area contributed by atoms with E-state index in [9.17, 15) is 22.8 Å². The van der Waals surface area contributed by atoms with Crippen LogP contribution in [-0.4, -0.2) is 56.5 Å². The molecule has 8 nitrogen and oxygen atoms in total. The maximum Gasteiger partial charge on any atom is 0.433 e. The Morgan fingerprint density at radius 3 is 2.70 bits per heavy atom. The van der Waals surface area contributed by atoms with Crippen molar-refractivity contribution in [1.29, 1.82) is 0 Å². The number of nitrogens with zero attached hydrogens (tertiary/aromatic N) is 4. The number of carbonyl (C=O) groups excluding carboxylic acids is 2. The third-order valence-electron chi connectivity index (χ3n) is 4.31. The van der Waals surface area contributed by atoms with Gasteiger partial charge in [0, 0.05) is 30.9 Å². The lowest BCUT2D eigenvalue weighted by Gasteiger charge is -2.22. The summed E-state index contributed by atoms with van der Waals surface area (Å²) in [5.74, 6) is -1.01. The van der Waals surface area contributed by atoms with Crippen LogP contribution in [0.4, 0.5) is 13.2 Å². The van der Waals surface area contributed by atoms with Gasteiger partial charge in [-0.15, -0.1) is 0 Å². The molecule has 2 aromatic rings. The summed E-state index contributed by atoms with van der Waals surface area (Å²) in [6, 6.07) is 0.861. The van der Waals surface area contributed by atoms with Gasteiger partial charge in [-0.25, -0.2) is 9.50 Å². The number of nitrogens with one attached hydrogen (secondary N) is 1. The molecule has 1 saturated heterocycles. The van der Waals surface area contributed by atoms with Gasteiger partial charge < -0.3 is 16.0 Å². The van der Waals surface area contributed by atoms with Gasteiger partial charge in [-0.3, -0.25) is 9.59 Å². The molecule has 27 heavy (non-hydrogen) atoms. The van der Waals surface area contributed by atoms with E-state index in [1.165, 1.54) is 17.9 Å². The molecule has 0 spiro atoms. The van der Waals surface area contributed by atoms with Gasteiger partial charge in [0.05, 0.1) is 0 Å². The molecule has 0 aromatic carbocycles. The maximum absolute atomic E-state index is 13.3. The van der Waals surface area contributed by atoms with Crippen molar-refractivity contribution in [2.45, 2.75) is 38.5 Å². The van der Waals surface area contributed by atoms with Crippen LogP contribution in [0.1, 0.15) is 35.2 Å². The van der Waals surface area contributed by atoms with E-state index in [1.807, 2.05) is 0 Å². The predicted octanol–water partition coefficient (Wildman–Crippen LogP) is 0.734. The number of aromatic nitrogens is 3. The Morgan fingerprint density at radius 1 is 1.37 bits per heavy atom. The van der Waals surface area contributed by atoms with Gasteiger partial charge in [0.15, 0.2) is 11.3 Å². The highest BCUT2D eigenvalue weighted by Crippen LogP contribution is 2.30. The van der Waals surface area contributed by atoms with Crippen molar-refractivity contribution in [2.75, 3.05) is 13.1 Å². The molecule has 3 rings (SSSR count). The molecule has 0 aliphatic carbocycles. The van der Waals surface area contributed by atoms with Gasteiger partial charge in [-0.1, -0.05) is 0 Å².